The van der Waals surface area contributed by atoms with Gasteiger partial charge in [0, 0.05) is 23.4 Å². The molecule has 1 aliphatic carbocycles. The molecule has 0 spiro atoms. The first-order chi connectivity index (χ1) is 15.1. The highest BCUT2D eigenvalue weighted by Crippen LogP contribution is 2.31. The average Bonchev–Trinajstić information content (AvgIpc) is 2.80. The van der Waals surface area contributed by atoms with Crippen molar-refractivity contribution in [2.45, 2.75) is 50.2 Å². The standard InChI is InChI=1S/C24H27N3O4/c1-31-18-11-7-10-17(14-18)25-22(28)15-21-23(29)26-19-12-5-6-13-20(19)27(21)24(30)16-8-3-2-4-9-16/h2-4,7-11,14,19-21H,5-6,12-13,15H2,1H3,(H,25,28)(H,26,29)/t19-,20-,21+/m0/s1. The summed E-state index contributed by atoms with van der Waals surface area (Å²) < 4.78 is 5.19. The van der Waals surface area contributed by atoms with Gasteiger partial charge in [-0.25, -0.2) is 0 Å². The number of nitrogens with one attached hydrogen (secondary N) is 2. The highest BCUT2D eigenvalue weighted by molar-refractivity contribution is 6.01. The SMILES string of the molecule is COc1cccc(NC(=O)C[C@@H]2C(=O)N[C@H]3CCCC[C@@H]3N2C(=O)c2ccccc2)c1. The third-order valence-corrected chi connectivity index (χ3v) is 6.04. The smallest absolute Gasteiger partial charge is 0.254 e. The van der Waals surface area contributed by atoms with Crippen molar-refractivity contribution < 1.29 is 19.1 Å². The fourth-order valence-corrected chi connectivity index (χ4v) is 4.55. The molecule has 1 heterocycles. The Morgan fingerprint density at radius 2 is 1.87 bits per heavy atom. The molecule has 0 radical (unpaired) electrons. The summed E-state index contributed by atoms with van der Waals surface area (Å²) in [7, 11) is 1.56. The lowest BCUT2D eigenvalue weighted by Crippen LogP contribution is -2.68. The average molecular weight is 421 g/mol. The predicted octanol–water partition coefficient (Wildman–Crippen LogP) is 2.98. The zero-order valence-corrected chi connectivity index (χ0v) is 17.5. The van der Waals surface area contributed by atoms with Gasteiger partial charge in [-0.2, -0.15) is 0 Å². The molecule has 7 nitrogen and oxygen atoms in total. The van der Waals surface area contributed by atoms with Crippen molar-refractivity contribution in [1.82, 2.24) is 10.2 Å². The summed E-state index contributed by atoms with van der Waals surface area (Å²) in [4.78, 5) is 40.9. The van der Waals surface area contributed by atoms with Crippen molar-refractivity contribution >= 4 is 23.4 Å². The highest BCUT2D eigenvalue weighted by Gasteiger charge is 2.46. The number of anilines is 1. The van der Waals surface area contributed by atoms with Crippen LogP contribution in [0.1, 0.15) is 42.5 Å². The number of nitrogens with zero attached hydrogens (tertiary/aromatic N) is 1. The molecule has 1 saturated heterocycles. The van der Waals surface area contributed by atoms with E-state index in [1.165, 1.54) is 0 Å². The van der Waals surface area contributed by atoms with Crippen LogP contribution < -0.4 is 15.4 Å². The molecule has 1 aliphatic heterocycles. The van der Waals surface area contributed by atoms with Crippen molar-refractivity contribution in [2.75, 3.05) is 12.4 Å². The van der Waals surface area contributed by atoms with E-state index in [1.54, 1.807) is 60.5 Å². The largest absolute Gasteiger partial charge is 0.497 e. The van der Waals surface area contributed by atoms with Gasteiger partial charge in [0.2, 0.25) is 11.8 Å². The summed E-state index contributed by atoms with van der Waals surface area (Å²) in [5.41, 5.74) is 1.11. The van der Waals surface area contributed by atoms with Crippen LogP contribution in [0.3, 0.4) is 0 Å². The Morgan fingerprint density at radius 3 is 2.65 bits per heavy atom. The van der Waals surface area contributed by atoms with Crippen molar-refractivity contribution in [3.63, 3.8) is 0 Å². The fourth-order valence-electron chi connectivity index (χ4n) is 4.55. The van der Waals surface area contributed by atoms with Gasteiger partial charge in [0.1, 0.15) is 11.8 Å². The lowest BCUT2D eigenvalue weighted by atomic mass is 9.84. The predicted molar refractivity (Wildman–Crippen MR) is 117 cm³/mol. The number of amides is 3. The van der Waals surface area contributed by atoms with Gasteiger partial charge < -0.3 is 20.3 Å². The first-order valence-electron chi connectivity index (χ1n) is 10.7. The maximum Gasteiger partial charge on any atom is 0.254 e. The van der Waals surface area contributed by atoms with Crippen molar-refractivity contribution in [1.29, 1.82) is 0 Å². The second-order valence-electron chi connectivity index (χ2n) is 8.05. The van der Waals surface area contributed by atoms with Crippen molar-refractivity contribution in [3.8, 4) is 5.75 Å². The molecule has 3 atom stereocenters. The van der Waals surface area contributed by atoms with Crippen LogP contribution in [-0.2, 0) is 9.59 Å². The minimum atomic E-state index is -0.849. The molecular weight excluding hydrogens is 394 g/mol. The molecule has 2 aromatic rings. The fraction of sp³-hybridized carbons (Fsp3) is 0.375. The first-order valence-corrected chi connectivity index (χ1v) is 10.7. The molecule has 0 aromatic heterocycles. The maximum absolute atomic E-state index is 13.4. The molecule has 2 aliphatic rings. The van der Waals surface area contributed by atoms with Gasteiger partial charge in [-0.15, -0.1) is 0 Å². The molecule has 2 fully saturated rings. The van der Waals surface area contributed by atoms with Crippen LogP contribution in [0.2, 0.25) is 0 Å². The highest BCUT2D eigenvalue weighted by atomic mass is 16.5. The Bertz CT molecular complexity index is 962. The molecule has 1 saturated carbocycles. The second-order valence-corrected chi connectivity index (χ2v) is 8.05. The van der Waals surface area contributed by atoms with Gasteiger partial charge in [-0.3, -0.25) is 14.4 Å². The first kappa shape index (κ1) is 20.9. The molecule has 2 aromatic carbocycles. The van der Waals surface area contributed by atoms with E-state index < -0.39 is 6.04 Å². The summed E-state index contributed by atoms with van der Waals surface area (Å²) in [5.74, 6) is -0.174. The molecule has 3 amide bonds. The third kappa shape index (κ3) is 4.55. The number of benzene rings is 2. The van der Waals surface area contributed by atoms with E-state index in [-0.39, 0.29) is 36.2 Å². The summed E-state index contributed by atoms with van der Waals surface area (Å²) in [6.07, 6.45) is 3.58. The Morgan fingerprint density at radius 1 is 1.10 bits per heavy atom. The number of hydrogen-bond donors (Lipinski definition) is 2. The Kier molecular flexibility index (Phi) is 6.21. The number of carbonyl (C=O) groups excluding carboxylic acids is 3. The number of ether oxygens (including phenoxy) is 1. The molecule has 162 valence electrons. The number of rotatable bonds is 5. The number of carbonyl (C=O) groups is 3. The van der Waals surface area contributed by atoms with Crippen LogP contribution in [0.15, 0.2) is 54.6 Å². The van der Waals surface area contributed by atoms with Crippen molar-refractivity contribution in [3.05, 3.63) is 60.2 Å². The number of piperazine rings is 1. The summed E-state index contributed by atoms with van der Waals surface area (Å²) >= 11 is 0. The molecule has 2 N–H and O–H groups in total. The van der Waals surface area contributed by atoms with E-state index in [1.807, 2.05) is 6.07 Å². The summed E-state index contributed by atoms with van der Waals surface area (Å²) in [6.45, 7) is 0. The van der Waals surface area contributed by atoms with Crippen LogP contribution in [0.5, 0.6) is 5.75 Å². The molecule has 0 unspecified atom stereocenters. The van der Waals surface area contributed by atoms with E-state index in [0.29, 0.717) is 17.0 Å². The normalized spacial score (nSPS) is 22.8. The number of fused-ring (bicyclic) bond motifs is 1. The van der Waals surface area contributed by atoms with Gasteiger partial charge in [-0.1, -0.05) is 37.1 Å². The topological polar surface area (TPSA) is 87.7 Å². The molecule has 7 heteroatoms. The van der Waals surface area contributed by atoms with E-state index in [9.17, 15) is 14.4 Å². The van der Waals surface area contributed by atoms with E-state index in [2.05, 4.69) is 10.6 Å². The summed E-state index contributed by atoms with van der Waals surface area (Å²) in [5, 5.41) is 5.88. The lowest BCUT2D eigenvalue weighted by Gasteiger charge is -2.48. The number of hydrogen-bond acceptors (Lipinski definition) is 4. The lowest BCUT2D eigenvalue weighted by molar-refractivity contribution is -0.135. The molecule has 4 rings (SSSR count). The Labute approximate surface area is 181 Å². The van der Waals surface area contributed by atoms with Crippen LogP contribution in [-0.4, -0.2) is 47.9 Å². The Balaban J connectivity index is 1.57. The van der Waals surface area contributed by atoms with Crippen molar-refractivity contribution in [2.24, 2.45) is 0 Å². The van der Waals surface area contributed by atoms with E-state index in [4.69, 9.17) is 4.74 Å². The van der Waals surface area contributed by atoms with Gasteiger partial charge in [-0.05, 0) is 37.1 Å². The van der Waals surface area contributed by atoms with Gasteiger partial charge in [0.25, 0.3) is 5.91 Å². The van der Waals surface area contributed by atoms with E-state index in [0.717, 1.165) is 25.7 Å². The minimum absolute atomic E-state index is 0.0633. The number of methoxy groups -OCH3 is 1. The zero-order chi connectivity index (χ0) is 21.8. The quantitative estimate of drug-likeness (QED) is 0.777. The maximum atomic E-state index is 13.4. The van der Waals surface area contributed by atoms with Gasteiger partial charge in [0.05, 0.1) is 19.6 Å². The Hall–Kier alpha value is -3.35. The molecular formula is C24H27N3O4. The van der Waals surface area contributed by atoms with Crippen LogP contribution in [0, 0.1) is 0 Å². The van der Waals surface area contributed by atoms with Crippen LogP contribution >= 0.6 is 0 Å². The second kappa shape index (κ2) is 9.20. The van der Waals surface area contributed by atoms with E-state index >= 15 is 0 Å². The summed E-state index contributed by atoms with van der Waals surface area (Å²) in [6, 6.07) is 15.0. The third-order valence-electron chi connectivity index (χ3n) is 6.04. The van der Waals surface area contributed by atoms with Gasteiger partial charge in [0.15, 0.2) is 0 Å². The molecule has 31 heavy (non-hydrogen) atoms. The minimum Gasteiger partial charge on any atom is -0.497 e. The van der Waals surface area contributed by atoms with Gasteiger partial charge >= 0.3 is 0 Å². The monoisotopic (exact) mass is 421 g/mol. The van der Waals surface area contributed by atoms with Crippen LogP contribution in [0.4, 0.5) is 5.69 Å². The zero-order valence-electron chi connectivity index (χ0n) is 17.5. The van der Waals surface area contributed by atoms with Crippen LogP contribution in [0.25, 0.3) is 0 Å². The molecule has 0 bridgehead atoms.